The molecule has 0 unspecified atom stereocenters. The predicted octanol–water partition coefficient (Wildman–Crippen LogP) is 2.79. The van der Waals surface area contributed by atoms with Crippen LogP contribution in [-0.4, -0.2) is 47.9 Å². The summed E-state index contributed by atoms with van der Waals surface area (Å²) in [5.41, 5.74) is 0.920. The molecule has 9 nitrogen and oxygen atoms in total. The number of rotatable bonds is 9. The molecule has 0 bridgehead atoms. The van der Waals surface area contributed by atoms with Crippen molar-refractivity contribution in [3.05, 3.63) is 66.0 Å². The number of carbonyl (C=O) groups is 2. The van der Waals surface area contributed by atoms with Gasteiger partial charge in [0.15, 0.2) is 15.0 Å². The van der Waals surface area contributed by atoms with Crippen molar-refractivity contribution in [2.75, 3.05) is 18.2 Å². The van der Waals surface area contributed by atoms with E-state index in [0.29, 0.717) is 28.8 Å². The van der Waals surface area contributed by atoms with Gasteiger partial charge in [-0.1, -0.05) is 30.0 Å². The van der Waals surface area contributed by atoms with Crippen molar-refractivity contribution in [2.24, 2.45) is 0 Å². The smallest absolute Gasteiger partial charge is 0.337 e. The monoisotopic (exact) mass is 474 g/mol. The number of aromatic nitrogens is 3. The summed E-state index contributed by atoms with van der Waals surface area (Å²) in [6.07, 6.45) is 0. The van der Waals surface area contributed by atoms with E-state index in [4.69, 9.17) is 0 Å². The number of nitrogens with zero attached hydrogens (tertiary/aromatic N) is 3. The average Bonchev–Trinajstić information content (AvgIpc) is 3.19. The van der Waals surface area contributed by atoms with Crippen molar-refractivity contribution in [3.63, 3.8) is 0 Å². The van der Waals surface area contributed by atoms with E-state index in [2.05, 4.69) is 20.3 Å². The van der Waals surface area contributed by atoms with Gasteiger partial charge in [-0.3, -0.25) is 4.79 Å². The van der Waals surface area contributed by atoms with Gasteiger partial charge in [0, 0.05) is 12.2 Å². The van der Waals surface area contributed by atoms with Crippen LogP contribution in [0.5, 0.6) is 0 Å². The number of anilines is 1. The van der Waals surface area contributed by atoms with Crippen LogP contribution in [0.1, 0.15) is 23.1 Å². The van der Waals surface area contributed by atoms with Gasteiger partial charge < -0.3 is 14.6 Å². The first kappa shape index (κ1) is 23.5. The molecular formula is C21H22N4O5S2. The molecule has 1 heterocycles. The van der Waals surface area contributed by atoms with E-state index >= 15 is 0 Å². The van der Waals surface area contributed by atoms with Crippen LogP contribution in [0.2, 0.25) is 0 Å². The van der Waals surface area contributed by atoms with Crippen molar-refractivity contribution in [1.82, 2.24) is 14.8 Å². The molecular weight excluding hydrogens is 452 g/mol. The first-order valence-electron chi connectivity index (χ1n) is 9.65. The lowest BCUT2D eigenvalue weighted by Crippen LogP contribution is -2.15. The standard InChI is InChI=1S/C21H22N4O5S2/c1-3-25-18(14-32(28,29)17-7-5-4-6-8-17)23-24-21(25)31-13-19(26)22-16-11-9-15(10-12-16)20(27)30-2/h4-12H,3,13-14H2,1-2H3,(H,22,26). The van der Waals surface area contributed by atoms with Gasteiger partial charge in [-0.25, -0.2) is 13.2 Å². The number of sulfone groups is 1. The zero-order chi connectivity index (χ0) is 23.1. The summed E-state index contributed by atoms with van der Waals surface area (Å²) in [5, 5.41) is 11.3. The molecule has 0 aliphatic carbocycles. The summed E-state index contributed by atoms with van der Waals surface area (Å²) >= 11 is 1.16. The van der Waals surface area contributed by atoms with Crippen molar-refractivity contribution in [2.45, 2.75) is 29.3 Å². The quantitative estimate of drug-likeness (QED) is 0.371. The Hall–Kier alpha value is -3.18. The Kier molecular flexibility index (Phi) is 7.65. The second-order valence-corrected chi connectivity index (χ2v) is 9.55. The molecule has 0 saturated carbocycles. The van der Waals surface area contributed by atoms with E-state index in [1.165, 1.54) is 7.11 Å². The van der Waals surface area contributed by atoms with Crippen molar-refractivity contribution in [3.8, 4) is 0 Å². The zero-order valence-corrected chi connectivity index (χ0v) is 19.1. The number of hydrogen-bond donors (Lipinski definition) is 1. The average molecular weight is 475 g/mol. The zero-order valence-electron chi connectivity index (χ0n) is 17.5. The van der Waals surface area contributed by atoms with Crippen LogP contribution in [-0.2, 0) is 31.7 Å². The van der Waals surface area contributed by atoms with Crippen LogP contribution >= 0.6 is 11.8 Å². The molecule has 11 heteroatoms. The SMILES string of the molecule is CCn1c(CS(=O)(=O)c2ccccc2)nnc1SCC(=O)Nc1ccc(C(=O)OC)cc1. The minimum atomic E-state index is -3.56. The molecule has 0 fully saturated rings. The Balaban J connectivity index is 1.62. The number of thioether (sulfide) groups is 1. The number of methoxy groups -OCH3 is 1. The Morgan fingerprint density at radius 1 is 1.06 bits per heavy atom. The second kappa shape index (κ2) is 10.4. The highest BCUT2D eigenvalue weighted by Crippen LogP contribution is 2.21. The third-order valence-corrected chi connectivity index (χ3v) is 7.05. The van der Waals surface area contributed by atoms with Crippen LogP contribution in [0, 0.1) is 0 Å². The Morgan fingerprint density at radius 3 is 2.38 bits per heavy atom. The molecule has 3 rings (SSSR count). The Labute approximate surface area is 190 Å². The molecule has 1 aromatic heterocycles. The van der Waals surface area contributed by atoms with E-state index in [1.807, 2.05) is 6.92 Å². The van der Waals surface area contributed by atoms with Crippen LogP contribution in [0.25, 0.3) is 0 Å². The number of amides is 1. The highest BCUT2D eigenvalue weighted by Gasteiger charge is 2.21. The van der Waals surface area contributed by atoms with Gasteiger partial charge in [-0.2, -0.15) is 0 Å². The molecule has 2 aromatic carbocycles. The first-order valence-corrected chi connectivity index (χ1v) is 12.3. The van der Waals surface area contributed by atoms with Crippen molar-refractivity contribution < 1.29 is 22.7 Å². The lowest BCUT2D eigenvalue weighted by Gasteiger charge is -2.09. The fraction of sp³-hybridized carbons (Fsp3) is 0.238. The maximum absolute atomic E-state index is 12.7. The molecule has 1 N–H and O–H groups in total. The number of nitrogens with one attached hydrogen (secondary N) is 1. The summed E-state index contributed by atoms with van der Waals surface area (Å²) < 4.78 is 31.6. The largest absolute Gasteiger partial charge is 0.465 e. The maximum Gasteiger partial charge on any atom is 0.337 e. The van der Waals surface area contributed by atoms with Gasteiger partial charge in [0.05, 0.1) is 23.3 Å². The van der Waals surface area contributed by atoms with Gasteiger partial charge in [0.1, 0.15) is 11.6 Å². The highest BCUT2D eigenvalue weighted by molar-refractivity contribution is 7.99. The van der Waals surface area contributed by atoms with E-state index in [0.717, 1.165) is 11.8 Å². The van der Waals surface area contributed by atoms with Gasteiger partial charge in [-0.15, -0.1) is 10.2 Å². The van der Waals surface area contributed by atoms with Crippen molar-refractivity contribution in [1.29, 1.82) is 0 Å². The van der Waals surface area contributed by atoms with E-state index in [9.17, 15) is 18.0 Å². The summed E-state index contributed by atoms with van der Waals surface area (Å²) in [6.45, 7) is 2.32. The van der Waals surface area contributed by atoms with E-state index in [1.54, 1.807) is 59.2 Å². The third-order valence-electron chi connectivity index (χ3n) is 4.45. The topological polar surface area (TPSA) is 120 Å². The minimum absolute atomic E-state index is 0.0579. The number of ether oxygens (including phenoxy) is 1. The number of esters is 1. The molecule has 32 heavy (non-hydrogen) atoms. The summed E-state index contributed by atoms with van der Waals surface area (Å²) in [7, 11) is -2.26. The Bertz CT molecular complexity index is 1190. The second-order valence-electron chi connectivity index (χ2n) is 6.62. The predicted molar refractivity (Wildman–Crippen MR) is 120 cm³/mol. The molecule has 0 saturated heterocycles. The molecule has 0 aliphatic heterocycles. The van der Waals surface area contributed by atoms with Gasteiger partial charge in [0.2, 0.25) is 5.91 Å². The van der Waals surface area contributed by atoms with Crippen LogP contribution in [0.4, 0.5) is 5.69 Å². The number of hydrogen-bond acceptors (Lipinski definition) is 8. The van der Waals surface area contributed by atoms with Gasteiger partial charge >= 0.3 is 5.97 Å². The molecule has 0 radical (unpaired) electrons. The van der Waals surface area contributed by atoms with E-state index in [-0.39, 0.29) is 22.3 Å². The summed E-state index contributed by atoms with van der Waals surface area (Å²) in [5.74, 6) is -0.635. The molecule has 0 spiro atoms. The van der Waals surface area contributed by atoms with Crippen LogP contribution in [0.15, 0.2) is 64.6 Å². The Morgan fingerprint density at radius 2 is 1.75 bits per heavy atom. The van der Waals surface area contributed by atoms with Crippen molar-refractivity contribution >= 4 is 39.2 Å². The fourth-order valence-corrected chi connectivity index (χ4v) is 4.98. The van der Waals surface area contributed by atoms with Crippen LogP contribution < -0.4 is 5.32 Å². The van der Waals surface area contributed by atoms with Crippen LogP contribution in [0.3, 0.4) is 0 Å². The minimum Gasteiger partial charge on any atom is -0.465 e. The molecule has 1 amide bonds. The molecule has 3 aromatic rings. The third kappa shape index (κ3) is 5.74. The fourth-order valence-electron chi connectivity index (χ4n) is 2.87. The first-order chi connectivity index (χ1) is 15.3. The highest BCUT2D eigenvalue weighted by atomic mass is 32.2. The molecule has 0 aliphatic rings. The number of carbonyl (C=O) groups excluding carboxylic acids is 2. The molecule has 0 atom stereocenters. The maximum atomic E-state index is 12.7. The van der Waals surface area contributed by atoms with Gasteiger partial charge in [0.25, 0.3) is 0 Å². The summed E-state index contributed by atoms with van der Waals surface area (Å²) in [6, 6.07) is 14.5. The molecule has 168 valence electrons. The van der Waals surface area contributed by atoms with Gasteiger partial charge in [-0.05, 0) is 43.3 Å². The lowest BCUT2D eigenvalue weighted by atomic mass is 10.2. The lowest BCUT2D eigenvalue weighted by molar-refractivity contribution is -0.113. The van der Waals surface area contributed by atoms with E-state index < -0.39 is 15.8 Å². The summed E-state index contributed by atoms with van der Waals surface area (Å²) in [4.78, 5) is 24.0. The number of benzene rings is 2. The normalized spacial score (nSPS) is 11.2.